The topological polar surface area (TPSA) is 82.9 Å². The Morgan fingerprint density at radius 1 is 1.20 bits per heavy atom. The van der Waals surface area contributed by atoms with Crippen LogP contribution in [0.4, 0.5) is 0 Å². The first-order valence-electron chi connectivity index (χ1n) is 8.22. The third-order valence-corrected chi connectivity index (χ3v) is 4.47. The molecular formula is C18H21N3O4. The number of nitrogens with zero attached hydrogens (tertiary/aromatic N) is 2. The highest BCUT2D eigenvalue weighted by Crippen LogP contribution is 2.16. The summed E-state index contributed by atoms with van der Waals surface area (Å²) in [7, 11) is 3.50. The molecule has 1 saturated heterocycles. The highest BCUT2D eigenvalue weighted by Gasteiger charge is 2.30. The Bertz CT molecular complexity index is 861. The number of carbonyl (C=O) groups is 2. The predicted octanol–water partition coefficient (Wildman–Crippen LogP) is 0.543. The quantitative estimate of drug-likeness (QED) is 0.861. The second-order valence-electron chi connectivity index (χ2n) is 6.30. The Morgan fingerprint density at radius 3 is 2.72 bits per heavy atom. The fourth-order valence-electron chi connectivity index (χ4n) is 3.09. The molecule has 1 N–H and O–H groups in total. The molecule has 2 amide bonds. The van der Waals surface area contributed by atoms with Gasteiger partial charge in [0.2, 0.25) is 5.91 Å². The average molecular weight is 343 g/mol. The Morgan fingerprint density at radius 2 is 1.96 bits per heavy atom. The Labute approximate surface area is 145 Å². The van der Waals surface area contributed by atoms with Gasteiger partial charge in [-0.15, -0.1) is 0 Å². The maximum atomic E-state index is 12.9. The number of carbonyl (C=O) groups excluding carboxylic acids is 2. The number of hydrogen-bond acceptors (Lipinski definition) is 5. The van der Waals surface area contributed by atoms with Crippen molar-refractivity contribution in [1.29, 1.82) is 0 Å². The molecule has 1 atom stereocenters. The SMILES string of the molecule is CNC(=O)[C@@H]1CN(C)CCN(C(=O)c2cc(=O)c3ccccc3o2)C1. The van der Waals surface area contributed by atoms with Crippen molar-refractivity contribution in [3.05, 3.63) is 46.3 Å². The van der Waals surface area contributed by atoms with Gasteiger partial charge in [-0.3, -0.25) is 14.4 Å². The molecule has 1 aromatic carbocycles. The van der Waals surface area contributed by atoms with Gasteiger partial charge in [-0.05, 0) is 19.2 Å². The van der Waals surface area contributed by atoms with Crippen LogP contribution in [0.25, 0.3) is 11.0 Å². The molecule has 1 aliphatic heterocycles. The molecule has 1 aliphatic rings. The molecule has 0 aliphatic carbocycles. The smallest absolute Gasteiger partial charge is 0.289 e. The van der Waals surface area contributed by atoms with E-state index in [-0.39, 0.29) is 28.9 Å². The molecule has 3 rings (SSSR count). The minimum Gasteiger partial charge on any atom is -0.451 e. The van der Waals surface area contributed by atoms with Crippen LogP contribution >= 0.6 is 0 Å². The Kier molecular flexibility index (Phi) is 4.85. The lowest BCUT2D eigenvalue weighted by Gasteiger charge is -2.22. The summed E-state index contributed by atoms with van der Waals surface area (Å²) < 4.78 is 5.64. The maximum Gasteiger partial charge on any atom is 0.289 e. The Balaban J connectivity index is 1.91. The number of hydrogen-bond donors (Lipinski definition) is 1. The van der Waals surface area contributed by atoms with Crippen molar-refractivity contribution < 1.29 is 14.0 Å². The van der Waals surface area contributed by atoms with Crippen molar-refractivity contribution in [2.45, 2.75) is 0 Å². The lowest BCUT2D eigenvalue weighted by Crippen LogP contribution is -2.41. The van der Waals surface area contributed by atoms with E-state index in [1.165, 1.54) is 6.07 Å². The zero-order valence-electron chi connectivity index (χ0n) is 14.3. The summed E-state index contributed by atoms with van der Waals surface area (Å²) in [6.07, 6.45) is 0. The minimum atomic E-state index is -0.368. The van der Waals surface area contributed by atoms with Crippen LogP contribution in [-0.4, -0.2) is 61.9 Å². The largest absolute Gasteiger partial charge is 0.451 e. The van der Waals surface area contributed by atoms with Gasteiger partial charge in [0.1, 0.15) is 5.58 Å². The van der Waals surface area contributed by atoms with Crippen molar-refractivity contribution in [2.24, 2.45) is 5.92 Å². The van der Waals surface area contributed by atoms with Crippen LogP contribution in [0.1, 0.15) is 10.6 Å². The van der Waals surface area contributed by atoms with E-state index in [2.05, 4.69) is 5.32 Å². The van der Waals surface area contributed by atoms with Crippen LogP contribution < -0.4 is 10.7 Å². The molecule has 7 heteroatoms. The summed E-state index contributed by atoms with van der Waals surface area (Å²) in [6.45, 7) is 1.99. The van der Waals surface area contributed by atoms with Crippen LogP contribution in [0, 0.1) is 5.92 Å². The van der Waals surface area contributed by atoms with E-state index < -0.39 is 0 Å². The summed E-state index contributed by atoms with van der Waals surface area (Å²) in [4.78, 5) is 40.7. The normalized spacial score (nSPS) is 18.8. The molecule has 0 unspecified atom stereocenters. The predicted molar refractivity (Wildman–Crippen MR) is 93.4 cm³/mol. The van der Waals surface area contributed by atoms with Crippen LogP contribution in [-0.2, 0) is 4.79 Å². The van der Waals surface area contributed by atoms with Gasteiger partial charge in [0, 0.05) is 39.3 Å². The first-order valence-corrected chi connectivity index (χ1v) is 8.22. The van der Waals surface area contributed by atoms with Crippen LogP contribution in [0.2, 0.25) is 0 Å². The number of fused-ring (bicyclic) bond motifs is 1. The molecule has 1 aromatic heterocycles. The molecular weight excluding hydrogens is 322 g/mol. The average Bonchev–Trinajstić information content (AvgIpc) is 2.82. The summed E-state index contributed by atoms with van der Waals surface area (Å²) in [5, 5.41) is 3.08. The van der Waals surface area contributed by atoms with Gasteiger partial charge >= 0.3 is 0 Å². The highest BCUT2D eigenvalue weighted by atomic mass is 16.3. The van der Waals surface area contributed by atoms with E-state index in [0.717, 1.165) is 0 Å². The molecule has 132 valence electrons. The summed E-state index contributed by atoms with van der Waals surface area (Å²) >= 11 is 0. The summed E-state index contributed by atoms with van der Waals surface area (Å²) in [5.41, 5.74) is 0.133. The molecule has 1 fully saturated rings. The monoisotopic (exact) mass is 343 g/mol. The molecule has 2 aromatic rings. The molecule has 0 saturated carbocycles. The van der Waals surface area contributed by atoms with E-state index in [1.807, 2.05) is 11.9 Å². The third kappa shape index (κ3) is 3.56. The fourth-order valence-corrected chi connectivity index (χ4v) is 3.09. The van der Waals surface area contributed by atoms with Gasteiger partial charge in [-0.25, -0.2) is 0 Å². The first kappa shape index (κ1) is 17.2. The van der Waals surface area contributed by atoms with Crippen LogP contribution in [0.3, 0.4) is 0 Å². The van der Waals surface area contributed by atoms with Gasteiger partial charge in [0.15, 0.2) is 11.2 Å². The van der Waals surface area contributed by atoms with E-state index in [4.69, 9.17) is 4.42 Å². The van der Waals surface area contributed by atoms with Gasteiger partial charge in [-0.2, -0.15) is 0 Å². The lowest BCUT2D eigenvalue weighted by molar-refractivity contribution is -0.125. The number of likely N-dealkylation sites (N-methyl/N-ethyl adjacent to an activating group) is 1. The fraction of sp³-hybridized carbons (Fsp3) is 0.389. The third-order valence-electron chi connectivity index (χ3n) is 4.47. The molecule has 7 nitrogen and oxygen atoms in total. The van der Waals surface area contributed by atoms with Crippen molar-refractivity contribution >= 4 is 22.8 Å². The number of rotatable bonds is 2. The van der Waals surface area contributed by atoms with E-state index >= 15 is 0 Å². The van der Waals surface area contributed by atoms with Crippen molar-refractivity contribution in [2.75, 3.05) is 40.3 Å². The van der Waals surface area contributed by atoms with Gasteiger partial charge in [0.05, 0.1) is 11.3 Å². The molecule has 25 heavy (non-hydrogen) atoms. The van der Waals surface area contributed by atoms with Crippen LogP contribution in [0.15, 0.2) is 39.5 Å². The Hall–Kier alpha value is -2.67. The molecule has 0 spiro atoms. The molecule has 2 heterocycles. The van der Waals surface area contributed by atoms with Crippen molar-refractivity contribution in [1.82, 2.24) is 15.1 Å². The van der Waals surface area contributed by atoms with Crippen molar-refractivity contribution in [3.8, 4) is 0 Å². The van der Waals surface area contributed by atoms with Gasteiger partial charge in [0.25, 0.3) is 5.91 Å². The zero-order valence-corrected chi connectivity index (χ0v) is 14.3. The highest BCUT2D eigenvalue weighted by molar-refractivity contribution is 5.93. The first-order chi connectivity index (χ1) is 12.0. The van der Waals surface area contributed by atoms with Crippen LogP contribution in [0.5, 0.6) is 0 Å². The van der Waals surface area contributed by atoms with E-state index in [1.54, 1.807) is 36.2 Å². The number of benzene rings is 1. The molecule has 0 bridgehead atoms. The summed E-state index contributed by atoms with van der Waals surface area (Å²) in [5.74, 6) is -0.795. The number of para-hydroxylation sites is 1. The maximum absolute atomic E-state index is 12.9. The number of nitrogens with one attached hydrogen (secondary N) is 1. The van der Waals surface area contributed by atoms with Crippen molar-refractivity contribution in [3.63, 3.8) is 0 Å². The number of amides is 2. The summed E-state index contributed by atoms with van der Waals surface area (Å²) in [6, 6.07) is 8.06. The van der Waals surface area contributed by atoms with Gasteiger partial charge < -0.3 is 19.5 Å². The van der Waals surface area contributed by atoms with Gasteiger partial charge in [-0.1, -0.05) is 12.1 Å². The minimum absolute atomic E-state index is 0.00362. The van der Waals surface area contributed by atoms with E-state index in [0.29, 0.717) is 37.1 Å². The zero-order chi connectivity index (χ0) is 18.0. The molecule has 0 radical (unpaired) electrons. The second kappa shape index (κ2) is 7.06. The second-order valence-corrected chi connectivity index (χ2v) is 6.30. The van der Waals surface area contributed by atoms with E-state index in [9.17, 15) is 14.4 Å². The lowest BCUT2D eigenvalue weighted by atomic mass is 10.1. The standard InChI is InChI=1S/C18H21N3O4/c1-19-17(23)12-10-20(2)7-8-21(11-12)18(24)16-9-14(22)13-5-3-4-6-15(13)25-16/h3-6,9,12H,7-8,10-11H2,1-2H3,(H,19,23)/t12-/m1/s1.